The minimum atomic E-state index is -1.95. The fourth-order valence-corrected chi connectivity index (χ4v) is 4.34. The molecule has 1 N–H and O–H groups in total. The van der Waals surface area contributed by atoms with Gasteiger partial charge in [-0.2, -0.15) is 0 Å². The van der Waals surface area contributed by atoms with E-state index in [0.29, 0.717) is 27.8 Å². The van der Waals surface area contributed by atoms with Crippen LogP contribution in [0.25, 0.3) is 6.08 Å². The number of carbonyl (C=O) groups excluding carboxylic acids is 2. The van der Waals surface area contributed by atoms with E-state index in [0.717, 1.165) is 11.1 Å². The highest BCUT2D eigenvalue weighted by atomic mass is 35.5. The van der Waals surface area contributed by atoms with Gasteiger partial charge in [0.1, 0.15) is 0 Å². The topological polar surface area (TPSA) is 76.1 Å². The minimum Gasteiger partial charge on any atom is -0.454 e. The third-order valence-corrected chi connectivity index (χ3v) is 6.18. The van der Waals surface area contributed by atoms with Crippen molar-refractivity contribution < 1.29 is 24.2 Å². The van der Waals surface area contributed by atoms with Crippen LogP contribution in [-0.2, 0) is 21.7 Å². The van der Waals surface area contributed by atoms with Gasteiger partial charge in [-0.15, -0.1) is 0 Å². The Bertz CT molecular complexity index is 1290. The Balaban J connectivity index is 1.38. The van der Waals surface area contributed by atoms with E-state index in [2.05, 4.69) is 0 Å². The third kappa shape index (κ3) is 3.88. The van der Waals surface area contributed by atoms with Crippen LogP contribution >= 0.6 is 11.6 Å². The molecule has 0 aromatic heterocycles. The molecule has 0 aliphatic carbocycles. The molecule has 6 nitrogen and oxygen atoms in total. The molecule has 0 spiro atoms. The number of hydrogen-bond donors (Lipinski definition) is 1. The van der Waals surface area contributed by atoms with E-state index in [-0.39, 0.29) is 25.5 Å². The van der Waals surface area contributed by atoms with Crippen LogP contribution in [0.2, 0.25) is 5.02 Å². The minimum absolute atomic E-state index is 0.167. The van der Waals surface area contributed by atoms with Gasteiger partial charge in [0, 0.05) is 10.6 Å². The van der Waals surface area contributed by atoms with Crippen LogP contribution in [0.3, 0.4) is 0 Å². The van der Waals surface area contributed by atoms with Crippen LogP contribution in [0, 0.1) is 0 Å². The Morgan fingerprint density at radius 3 is 2.67 bits per heavy atom. The second-order valence-electron chi connectivity index (χ2n) is 7.95. The maximum Gasteiger partial charge on any atom is 0.264 e. The van der Waals surface area contributed by atoms with Gasteiger partial charge >= 0.3 is 0 Å². The maximum absolute atomic E-state index is 13.4. The Labute approximate surface area is 195 Å². The summed E-state index contributed by atoms with van der Waals surface area (Å²) in [5.74, 6) is 0.337. The number of benzene rings is 3. The number of nitrogens with zero attached hydrogens (tertiary/aromatic N) is 1. The highest BCUT2D eigenvalue weighted by Crippen LogP contribution is 2.43. The Kier molecular flexibility index (Phi) is 5.40. The number of halogens is 1. The van der Waals surface area contributed by atoms with E-state index in [1.165, 1.54) is 11.0 Å². The van der Waals surface area contributed by atoms with Crippen LogP contribution in [0.1, 0.15) is 23.1 Å². The molecule has 3 aromatic carbocycles. The SMILES string of the molecule is O=C(/C=C/c1ccc2c(c1)OCO2)CC1(O)C(=O)N(Cc2ccccc2Cl)c2ccccc21. The average molecular weight is 462 g/mol. The third-order valence-electron chi connectivity index (χ3n) is 5.81. The van der Waals surface area contributed by atoms with E-state index in [1.54, 1.807) is 54.6 Å². The Morgan fingerprint density at radius 1 is 1.06 bits per heavy atom. The van der Waals surface area contributed by atoms with Crippen LogP contribution in [-0.4, -0.2) is 23.6 Å². The summed E-state index contributed by atoms with van der Waals surface area (Å²) in [6.45, 7) is 0.361. The molecule has 0 saturated heterocycles. The molecule has 2 aliphatic rings. The van der Waals surface area contributed by atoms with Crippen molar-refractivity contribution in [2.45, 2.75) is 18.6 Å². The van der Waals surface area contributed by atoms with E-state index in [4.69, 9.17) is 21.1 Å². The number of allylic oxidation sites excluding steroid dienone is 1. The second kappa shape index (κ2) is 8.39. The van der Waals surface area contributed by atoms with Gasteiger partial charge < -0.3 is 19.5 Å². The van der Waals surface area contributed by atoms with Gasteiger partial charge in [-0.3, -0.25) is 9.59 Å². The number of aliphatic hydroxyl groups is 1. The summed E-state index contributed by atoms with van der Waals surface area (Å²) in [6.07, 6.45) is 2.62. The van der Waals surface area contributed by atoms with Gasteiger partial charge in [0.15, 0.2) is 22.9 Å². The molecular formula is C26H20ClNO5. The number of para-hydroxylation sites is 1. The zero-order valence-corrected chi connectivity index (χ0v) is 18.3. The van der Waals surface area contributed by atoms with E-state index in [9.17, 15) is 14.7 Å². The number of ether oxygens (including phenoxy) is 2. The molecule has 5 rings (SSSR count). The molecule has 0 saturated carbocycles. The van der Waals surface area contributed by atoms with Crippen molar-refractivity contribution in [3.05, 3.63) is 94.5 Å². The molecular weight excluding hydrogens is 442 g/mol. The zero-order valence-electron chi connectivity index (χ0n) is 17.5. The zero-order chi connectivity index (χ0) is 23.0. The number of ketones is 1. The molecule has 1 amide bonds. The fourth-order valence-electron chi connectivity index (χ4n) is 4.15. The van der Waals surface area contributed by atoms with Crippen molar-refractivity contribution in [3.63, 3.8) is 0 Å². The smallest absolute Gasteiger partial charge is 0.264 e. The van der Waals surface area contributed by atoms with Crippen LogP contribution in [0.15, 0.2) is 72.8 Å². The van der Waals surface area contributed by atoms with Crippen LogP contribution < -0.4 is 14.4 Å². The average Bonchev–Trinajstić information content (AvgIpc) is 3.36. The van der Waals surface area contributed by atoms with Crippen molar-refractivity contribution in [2.24, 2.45) is 0 Å². The summed E-state index contributed by atoms with van der Waals surface area (Å²) in [5, 5.41) is 11.9. The van der Waals surface area contributed by atoms with Gasteiger partial charge in [-0.25, -0.2) is 0 Å². The lowest BCUT2D eigenvalue weighted by Crippen LogP contribution is -2.41. The van der Waals surface area contributed by atoms with Crippen LogP contribution in [0.5, 0.6) is 11.5 Å². The monoisotopic (exact) mass is 461 g/mol. The first-order valence-electron chi connectivity index (χ1n) is 10.4. The molecule has 0 radical (unpaired) electrons. The molecule has 1 unspecified atom stereocenters. The highest BCUT2D eigenvalue weighted by molar-refractivity contribution is 6.31. The molecule has 2 aliphatic heterocycles. The molecule has 0 fully saturated rings. The van der Waals surface area contributed by atoms with Crippen molar-refractivity contribution in [1.29, 1.82) is 0 Å². The first-order chi connectivity index (χ1) is 16.0. The number of fused-ring (bicyclic) bond motifs is 2. The first kappa shape index (κ1) is 21.2. The summed E-state index contributed by atoms with van der Waals surface area (Å²) in [4.78, 5) is 27.6. The second-order valence-corrected chi connectivity index (χ2v) is 8.36. The largest absolute Gasteiger partial charge is 0.454 e. The number of amides is 1. The van der Waals surface area contributed by atoms with Gasteiger partial charge in [0.2, 0.25) is 6.79 Å². The van der Waals surface area contributed by atoms with Gasteiger partial charge in [-0.1, -0.05) is 60.1 Å². The summed E-state index contributed by atoms with van der Waals surface area (Å²) >= 11 is 6.29. The highest BCUT2D eigenvalue weighted by Gasteiger charge is 2.50. The van der Waals surface area contributed by atoms with Crippen LogP contribution in [0.4, 0.5) is 5.69 Å². The van der Waals surface area contributed by atoms with E-state index in [1.807, 2.05) is 18.2 Å². The fraction of sp³-hybridized carbons (Fsp3) is 0.154. The van der Waals surface area contributed by atoms with Gasteiger partial charge in [0.05, 0.1) is 18.7 Å². The first-order valence-corrected chi connectivity index (χ1v) is 10.8. The number of anilines is 1. The van der Waals surface area contributed by atoms with Gasteiger partial charge in [-0.05, 0) is 41.5 Å². The van der Waals surface area contributed by atoms with Gasteiger partial charge in [0.25, 0.3) is 5.91 Å². The van der Waals surface area contributed by atoms with E-state index < -0.39 is 11.5 Å². The summed E-state index contributed by atoms with van der Waals surface area (Å²) < 4.78 is 10.6. The lowest BCUT2D eigenvalue weighted by atomic mass is 9.89. The van der Waals surface area contributed by atoms with Crippen molar-refractivity contribution in [3.8, 4) is 11.5 Å². The number of hydrogen-bond acceptors (Lipinski definition) is 5. The predicted molar refractivity (Wildman–Crippen MR) is 124 cm³/mol. The Hall–Kier alpha value is -3.61. The Morgan fingerprint density at radius 2 is 1.82 bits per heavy atom. The molecule has 33 heavy (non-hydrogen) atoms. The van der Waals surface area contributed by atoms with Crippen molar-refractivity contribution in [1.82, 2.24) is 0 Å². The van der Waals surface area contributed by atoms with Crippen molar-refractivity contribution >= 4 is 35.1 Å². The molecule has 166 valence electrons. The predicted octanol–water partition coefficient (Wildman–Crippen LogP) is 4.48. The molecule has 2 heterocycles. The summed E-state index contributed by atoms with van der Waals surface area (Å²) in [5.41, 5.74) is 0.525. The summed E-state index contributed by atoms with van der Waals surface area (Å²) in [6, 6.07) is 19.5. The molecule has 7 heteroatoms. The van der Waals surface area contributed by atoms with Crippen molar-refractivity contribution in [2.75, 3.05) is 11.7 Å². The quantitative estimate of drug-likeness (QED) is 0.548. The normalized spacial score (nSPS) is 18.7. The molecule has 3 aromatic rings. The maximum atomic E-state index is 13.4. The van der Waals surface area contributed by atoms with E-state index >= 15 is 0 Å². The number of carbonyl (C=O) groups is 2. The number of rotatable bonds is 6. The standard InChI is InChI=1S/C26H20ClNO5/c27-21-7-3-1-5-18(21)15-28-22-8-4-2-6-20(22)26(31,25(28)30)14-19(29)11-9-17-10-12-23-24(13-17)33-16-32-23/h1-13,31H,14-16H2/b11-9+. The lowest BCUT2D eigenvalue weighted by Gasteiger charge is -2.22. The summed E-state index contributed by atoms with van der Waals surface area (Å²) in [7, 11) is 0. The molecule has 1 atom stereocenters. The molecule has 0 bridgehead atoms. The lowest BCUT2D eigenvalue weighted by molar-refractivity contribution is -0.140.